The zero-order valence-corrected chi connectivity index (χ0v) is 34.1. The van der Waals surface area contributed by atoms with Crippen molar-refractivity contribution < 1.29 is 0 Å². The maximum atomic E-state index is 2.41. The van der Waals surface area contributed by atoms with Crippen LogP contribution in [0.3, 0.4) is 0 Å². The third-order valence-electron chi connectivity index (χ3n) is 12.4. The third kappa shape index (κ3) is 6.91. The molecular formula is C60H43N. The molecule has 1 nitrogen and oxygen atoms in total. The van der Waals surface area contributed by atoms with Crippen molar-refractivity contribution in [3.05, 3.63) is 247 Å². The van der Waals surface area contributed by atoms with E-state index in [2.05, 4.69) is 242 Å². The second-order valence-corrected chi connectivity index (χ2v) is 16.2. The van der Waals surface area contributed by atoms with E-state index in [9.17, 15) is 0 Å². The van der Waals surface area contributed by atoms with E-state index in [0.717, 1.165) is 12.1 Å². The summed E-state index contributed by atoms with van der Waals surface area (Å²) in [5.41, 5.74) is 19.8. The first kappa shape index (κ1) is 36.3. The number of aromatic nitrogens is 1. The largest absolute Gasteiger partial charge is 0.309 e. The van der Waals surface area contributed by atoms with Gasteiger partial charge in [-0.2, -0.15) is 0 Å². The average Bonchev–Trinajstić information content (AvgIpc) is 3.65. The molecule has 0 unspecified atom stereocenters. The summed E-state index contributed by atoms with van der Waals surface area (Å²) in [6.07, 6.45) is 0.860. The number of hydrogen-bond donors (Lipinski definition) is 0. The summed E-state index contributed by atoms with van der Waals surface area (Å²) in [6, 6.07) is 84.5. The number of aryl methyl sites for hydroxylation is 1. The zero-order chi connectivity index (χ0) is 40.7. The molecule has 0 amide bonds. The highest BCUT2D eigenvalue weighted by Gasteiger charge is 2.16. The molecule has 0 aliphatic carbocycles. The summed E-state index contributed by atoms with van der Waals surface area (Å²) in [4.78, 5) is 0. The topological polar surface area (TPSA) is 4.93 Å². The lowest BCUT2D eigenvalue weighted by Crippen LogP contribution is -1.96. The Labute approximate surface area is 357 Å². The molecule has 0 aliphatic rings. The Morgan fingerprint density at radius 1 is 0.328 bits per heavy atom. The lowest BCUT2D eigenvalue weighted by atomic mass is 9.88. The van der Waals surface area contributed by atoms with Gasteiger partial charge in [-0.1, -0.05) is 188 Å². The van der Waals surface area contributed by atoms with Crippen molar-refractivity contribution in [2.75, 3.05) is 0 Å². The monoisotopic (exact) mass is 777 g/mol. The fourth-order valence-electron chi connectivity index (χ4n) is 9.18. The van der Waals surface area contributed by atoms with Gasteiger partial charge in [0.2, 0.25) is 0 Å². The average molecular weight is 778 g/mol. The first-order chi connectivity index (χ1) is 30.1. The molecule has 1 heterocycles. The van der Waals surface area contributed by atoms with Crippen molar-refractivity contribution in [2.45, 2.75) is 13.3 Å². The SMILES string of the molecule is Cc1ccc(-c2ccc(-c3ccc4c(c3)c3ccc(-c5ccccc5)cc3n4-c3ccccc3)cc2)cc1-c1ccc(-c2ccc3ccccc3c2)cc1Cc1ccccc1. The number of rotatable bonds is 8. The molecule has 0 atom stereocenters. The van der Waals surface area contributed by atoms with Gasteiger partial charge in [0, 0.05) is 16.5 Å². The van der Waals surface area contributed by atoms with Gasteiger partial charge in [-0.25, -0.2) is 0 Å². The van der Waals surface area contributed by atoms with E-state index in [4.69, 9.17) is 0 Å². The Bertz CT molecular complexity index is 3360. The minimum atomic E-state index is 0.860. The van der Waals surface area contributed by atoms with Crippen LogP contribution in [0.1, 0.15) is 16.7 Å². The van der Waals surface area contributed by atoms with Gasteiger partial charge in [0.05, 0.1) is 11.0 Å². The van der Waals surface area contributed by atoms with Gasteiger partial charge in [-0.15, -0.1) is 0 Å². The van der Waals surface area contributed by atoms with Crippen LogP contribution in [0.5, 0.6) is 0 Å². The number of benzene rings is 10. The molecule has 0 fully saturated rings. The Morgan fingerprint density at radius 2 is 0.869 bits per heavy atom. The summed E-state index contributed by atoms with van der Waals surface area (Å²) in [7, 11) is 0. The summed E-state index contributed by atoms with van der Waals surface area (Å²) >= 11 is 0. The predicted molar refractivity (Wildman–Crippen MR) is 259 cm³/mol. The van der Waals surface area contributed by atoms with Gasteiger partial charge in [0.15, 0.2) is 0 Å². The van der Waals surface area contributed by atoms with E-state index >= 15 is 0 Å². The smallest absolute Gasteiger partial charge is 0.0547 e. The van der Waals surface area contributed by atoms with Gasteiger partial charge < -0.3 is 4.57 Å². The highest BCUT2D eigenvalue weighted by molar-refractivity contribution is 6.11. The number of fused-ring (bicyclic) bond motifs is 4. The molecular weight excluding hydrogens is 735 g/mol. The standard InChI is InChI=1S/C60H43N/c1-41-21-22-50(38-57(41)55-32-29-49(37-53(55)35-42-13-5-2-6-14-42)48-28-27-44-17-11-12-18-47(44)36-48)45-23-25-46(26-24-45)51-31-34-59-58(39-51)56-33-30-52(43-15-7-3-8-16-43)40-60(56)61(59)54-19-9-4-10-20-54/h2-34,36-40H,35H2,1H3. The van der Waals surface area contributed by atoms with Crippen LogP contribution in [0.15, 0.2) is 231 Å². The highest BCUT2D eigenvalue weighted by atomic mass is 15.0. The van der Waals surface area contributed by atoms with Crippen molar-refractivity contribution in [1.29, 1.82) is 0 Å². The van der Waals surface area contributed by atoms with E-state index in [-0.39, 0.29) is 0 Å². The number of para-hydroxylation sites is 1. The van der Waals surface area contributed by atoms with Crippen LogP contribution in [0, 0.1) is 6.92 Å². The van der Waals surface area contributed by atoms with E-state index in [1.54, 1.807) is 0 Å². The van der Waals surface area contributed by atoms with Crippen molar-refractivity contribution in [2.24, 2.45) is 0 Å². The minimum absolute atomic E-state index is 0.860. The second kappa shape index (κ2) is 15.5. The Morgan fingerprint density at radius 3 is 1.64 bits per heavy atom. The molecule has 0 saturated heterocycles. The molecule has 61 heavy (non-hydrogen) atoms. The highest BCUT2D eigenvalue weighted by Crippen LogP contribution is 2.39. The fraction of sp³-hybridized carbons (Fsp3) is 0.0333. The maximum absolute atomic E-state index is 2.41. The van der Waals surface area contributed by atoms with Gasteiger partial charge in [0.1, 0.15) is 0 Å². The normalized spacial score (nSPS) is 11.4. The predicted octanol–water partition coefficient (Wildman–Crippen LogP) is 16.2. The Balaban J connectivity index is 0.953. The van der Waals surface area contributed by atoms with E-state index in [1.165, 1.54) is 105 Å². The molecule has 0 spiro atoms. The first-order valence-electron chi connectivity index (χ1n) is 21.2. The van der Waals surface area contributed by atoms with Crippen LogP contribution in [-0.4, -0.2) is 4.57 Å². The zero-order valence-electron chi connectivity index (χ0n) is 34.1. The minimum Gasteiger partial charge on any atom is -0.309 e. The van der Waals surface area contributed by atoms with Crippen LogP contribution in [-0.2, 0) is 6.42 Å². The van der Waals surface area contributed by atoms with Gasteiger partial charge in [-0.05, 0) is 139 Å². The summed E-state index contributed by atoms with van der Waals surface area (Å²) in [5, 5.41) is 5.03. The summed E-state index contributed by atoms with van der Waals surface area (Å²) < 4.78 is 2.40. The van der Waals surface area contributed by atoms with Crippen molar-refractivity contribution in [3.63, 3.8) is 0 Å². The summed E-state index contributed by atoms with van der Waals surface area (Å²) in [6.45, 7) is 2.24. The first-order valence-corrected chi connectivity index (χ1v) is 21.2. The van der Waals surface area contributed by atoms with Crippen molar-refractivity contribution in [3.8, 4) is 61.3 Å². The molecule has 0 radical (unpaired) electrons. The van der Waals surface area contributed by atoms with Crippen LogP contribution >= 0.6 is 0 Å². The van der Waals surface area contributed by atoms with E-state index in [1.807, 2.05) is 0 Å². The molecule has 1 heteroatoms. The molecule has 0 bridgehead atoms. The van der Waals surface area contributed by atoms with E-state index in [0.29, 0.717) is 0 Å². The van der Waals surface area contributed by atoms with Crippen molar-refractivity contribution >= 4 is 32.6 Å². The third-order valence-corrected chi connectivity index (χ3v) is 12.4. The van der Waals surface area contributed by atoms with Crippen LogP contribution in [0.4, 0.5) is 0 Å². The second-order valence-electron chi connectivity index (χ2n) is 16.2. The maximum Gasteiger partial charge on any atom is 0.0547 e. The van der Waals surface area contributed by atoms with E-state index < -0.39 is 0 Å². The summed E-state index contributed by atoms with van der Waals surface area (Å²) in [5.74, 6) is 0. The molecule has 11 aromatic rings. The van der Waals surface area contributed by atoms with Gasteiger partial charge in [0.25, 0.3) is 0 Å². The molecule has 0 saturated carbocycles. The number of nitrogens with zero attached hydrogens (tertiary/aromatic N) is 1. The van der Waals surface area contributed by atoms with Crippen LogP contribution in [0.2, 0.25) is 0 Å². The lowest BCUT2D eigenvalue weighted by molar-refractivity contribution is 1.18. The molecule has 10 aromatic carbocycles. The molecule has 11 rings (SSSR count). The van der Waals surface area contributed by atoms with Crippen LogP contribution < -0.4 is 0 Å². The molecule has 0 N–H and O–H groups in total. The molecule has 0 aliphatic heterocycles. The lowest BCUT2D eigenvalue weighted by Gasteiger charge is -2.16. The van der Waals surface area contributed by atoms with Gasteiger partial charge >= 0.3 is 0 Å². The van der Waals surface area contributed by atoms with Crippen molar-refractivity contribution in [1.82, 2.24) is 4.57 Å². The fourth-order valence-corrected chi connectivity index (χ4v) is 9.18. The Hall–Kier alpha value is -7.74. The quantitative estimate of drug-likeness (QED) is 0.145. The molecule has 288 valence electrons. The Kier molecular flexibility index (Phi) is 9.21. The molecule has 1 aromatic heterocycles. The number of hydrogen-bond acceptors (Lipinski definition) is 0. The van der Waals surface area contributed by atoms with Crippen LogP contribution in [0.25, 0.3) is 93.9 Å². The van der Waals surface area contributed by atoms with Gasteiger partial charge in [-0.3, -0.25) is 0 Å².